The minimum atomic E-state index is 0.0664. The van der Waals surface area contributed by atoms with Gasteiger partial charge in [-0.3, -0.25) is 4.98 Å². The Morgan fingerprint density at radius 1 is 1.09 bits per heavy atom. The first-order valence-electron chi connectivity index (χ1n) is 7.28. The molecule has 1 heterocycles. The van der Waals surface area contributed by atoms with Crippen LogP contribution in [0.4, 0.5) is 5.69 Å². The van der Waals surface area contributed by atoms with Crippen LogP contribution in [0.5, 0.6) is 0 Å². The number of rotatable bonds is 4. The van der Waals surface area contributed by atoms with Crippen molar-refractivity contribution in [3.05, 3.63) is 71.4 Å². The van der Waals surface area contributed by atoms with Gasteiger partial charge in [-0.2, -0.15) is 10.2 Å². The highest BCUT2D eigenvalue weighted by Gasteiger charge is 2.08. The van der Waals surface area contributed by atoms with E-state index in [1.807, 2.05) is 42.5 Å². The summed E-state index contributed by atoms with van der Waals surface area (Å²) in [6.45, 7) is 2.11. The highest BCUT2D eigenvalue weighted by atomic mass is 35.5. The number of hydrogen-bond acceptors (Lipinski definition) is 3. The number of pyridine rings is 1. The van der Waals surface area contributed by atoms with E-state index in [9.17, 15) is 0 Å². The molecule has 2 aromatic carbocycles. The predicted octanol–water partition coefficient (Wildman–Crippen LogP) is 6.12. The van der Waals surface area contributed by atoms with Gasteiger partial charge in [-0.15, -0.1) is 0 Å². The lowest BCUT2D eigenvalue weighted by Gasteiger charge is -2.08. The largest absolute Gasteiger partial charge is 0.256 e. The zero-order valence-electron chi connectivity index (χ0n) is 12.3. The van der Waals surface area contributed by atoms with E-state index in [0.29, 0.717) is 5.02 Å². The van der Waals surface area contributed by atoms with Crippen LogP contribution in [0.1, 0.15) is 24.9 Å². The number of nitrogens with zero attached hydrogens (tertiary/aromatic N) is 3. The first-order valence-corrected chi connectivity index (χ1v) is 7.66. The van der Waals surface area contributed by atoms with Crippen molar-refractivity contribution in [2.75, 3.05) is 0 Å². The van der Waals surface area contributed by atoms with Gasteiger partial charge in [0.1, 0.15) is 0 Å². The molecule has 0 fully saturated rings. The number of fused-ring (bicyclic) bond motifs is 1. The Bertz CT molecular complexity index is 800. The number of halogens is 1. The number of azo groups is 1. The summed E-state index contributed by atoms with van der Waals surface area (Å²) >= 11 is 6.01. The van der Waals surface area contributed by atoms with Crippen molar-refractivity contribution in [2.45, 2.75) is 19.4 Å². The molecule has 1 unspecified atom stereocenters. The van der Waals surface area contributed by atoms with Crippen LogP contribution in [0.25, 0.3) is 10.9 Å². The van der Waals surface area contributed by atoms with Gasteiger partial charge in [0.25, 0.3) is 0 Å². The molecule has 0 aliphatic rings. The third-order valence-electron chi connectivity index (χ3n) is 3.56. The molecular weight excluding hydrogens is 294 g/mol. The SMILES string of the molecule is CCC(N=Nc1ccnc2cc(Cl)ccc12)c1ccccc1. The van der Waals surface area contributed by atoms with Crippen LogP contribution in [0.2, 0.25) is 5.02 Å². The fourth-order valence-corrected chi connectivity index (χ4v) is 2.55. The summed E-state index contributed by atoms with van der Waals surface area (Å²) in [5, 5.41) is 10.6. The first kappa shape index (κ1) is 14.7. The highest BCUT2D eigenvalue weighted by Crippen LogP contribution is 2.29. The van der Waals surface area contributed by atoms with Crippen molar-refractivity contribution in [3.8, 4) is 0 Å². The van der Waals surface area contributed by atoms with Gasteiger partial charge in [-0.25, -0.2) is 0 Å². The average molecular weight is 310 g/mol. The van der Waals surface area contributed by atoms with Crippen LogP contribution in [-0.2, 0) is 0 Å². The van der Waals surface area contributed by atoms with Crippen molar-refractivity contribution < 1.29 is 0 Å². The molecule has 0 aliphatic carbocycles. The minimum absolute atomic E-state index is 0.0664. The Labute approximate surface area is 134 Å². The van der Waals surface area contributed by atoms with Crippen LogP contribution in [-0.4, -0.2) is 4.98 Å². The molecule has 0 spiro atoms. The molecule has 0 saturated heterocycles. The smallest absolute Gasteiger partial charge is 0.0962 e. The van der Waals surface area contributed by atoms with E-state index in [0.717, 1.165) is 23.0 Å². The monoisotopic (exact) mass is 309 g/mol. The Kier molecular flexibility index (Phi) is 4.45. The van der Waals surface area contributed by atoms with Gasteiger partial charge < -0.3 is 0 Å². The maximum absolute atomic E-state index is 6.01. The molecule has 3 rings (SSSR count). The van der Waals surface area contributed by atoms with Crippen LogP contribution in [0.3, 0.4) is 0 Å². The molecule has 4 heteroatoms. The summed E-state index contributed by atoms with van der Waals surface area (Å²) in [6, 6.07) is 17.8. The average Bonchev–Trinajstić information content (AvgIpc) is 2.56. The zero-order valence-corrected chi connectivity index (χ0v) is 13.0. The van der Waals surface area contributed by atoms with Gasteiger partial charge in [-0.1, -0.05) is 48.9 Å². The summed E-state index contributed by atoms with van der Waals surface area (Å²) in [6.07, 6.45) is 2.64. The van der Waals surface area contributed by atoms with Gasteiger partial charge in [0.2, 0.25) is 0 Å². The second-order valence-corrected chi connectivity index (χ2v) is 5.48. The third-order valence-corrected chi connectivity index (χ3v) is 3.79. The third kappa shape index (κ3) is 3.15. The molecule has 0 aliphatic heterocycles. The Morgan fingerprint density at radius 2 is 1.91 bits per heavy atom. The number of hydrogen-bond donors (Lipinski definition) is 0. The van der Waals surface area contributed by atoms with Gasteiger partial charge >= 0.3 is 0 Å². The van der Waals surface area contributed by atoms with Gasteiger partial charge in [0, 0.05) is 16.6 Å². The topological polar surface area (TPSA) is 37.6 Å². The molecule has 0 saturated carbocycles. The van der Waals surface area contributed by atoms with E-state index in [1.165, 1.54) is 5.56 Å². The summed E-state index contributed by atoms with van der Waals surface area (Å²) in [5.41, 5.74) is 2.82. The zero-order chi connectivity index (χ0) is 15.4. The van der Waals surface area contributed by atoms with Gasteiger partial charge in [0.05, 0.1) is 17.2 Å². The molecular formula is C18H16ClN3. The second kappa shape index (κ2) is 6.67. The van der Waals surface area contributed by atoms with Gasteiger partial charge in [0.15, 0.2) is 0 Å². The lowest BCUT2D eigenvalue weighted by molar-refractivity contribution is 0.665. The Hall–Kier alpha value is -2.26. The van der Waals surface area contributed by atoms with Crippen LogP contribution >= 0.6 is 11.6 Å². The lowest BCUT2D eigenvalue weighted by atomic mass is 10.1. The van der Waals surface area contributed by atoms with Crippen molar-refractivity contribution in [1.82, 2.24) is 4.98 Å². The molecule has 0 bridgehead atoms. The summed E-state index contributed by atoms with van der Waals surface area (Å²) in [4.78, 5) is 4.32. The maximum Gasteiger partial charge on any atom is 0.0962 e. The van der Waals surface area contributed by atoms with Crippen molar-refractivity contribution in [1.29, 1.82) is 0 Å². The van der Waals surface area contributed by atoms with E-state index in [1.54, 1.807) is 6.20 Å². The lowest BCUT2D eigenvalue weighted by Crippen LogP contribution is -1.91. The molecule has 1 aromatic heterocycles. The summed E-state index contributed by atoms with van der Waals surface area (Å²) in [7, 11) is 0. The Morgan fingerprint density at radius 3 is 2.68 bits per heavy atom. The molecule has 1 atom stereocenters. The van der Waals surface area contributed by atoms with Crippen molar-refractivity contribution >= 4 is 28.2 Å². The molecule has 0 N–H and O–H groups in total. The van der Waals surface area contributed by atoms with E-state index in [2.05, 4.69) is 34.3 Å². The van der Waals surface area contributed by atoms with Crippen LogP contribution < -0.4 is 0 Å². The summed E-state index contributed by atoms with van der Waals surface area (Å²) in [5.74, 6) is 0. The van der Waals surface area contributed by atoms with E-state index >= 15 is 0 Å². The summed E-state index contributed by atoms with van der Waals surface area (Å²) < 4.78 is 0. The van der Waals surface area contributed by atoms with Gasteiger partial charge in [-0.05, 0) is 36.2 Å². The van der Waals surface area contributed by atoms with Crippen molar-refractivity contribution in [2.24, 2.45) is 10.2 Å². The fourth-order valence-electron chi connectivity index (χ4n) is 2.38. The quantitative estimate of drug-likeness (QED) is 0.535. The maximum atomic E-state index is 6.01. The molecule has 22 heavy (non-hydrogen) atoms. The van der Waals surface area contributed by atoms with Crippen molar-refractivity contribution in [3.63, 3.8) is 0 Å². The van der Waals surface area contributed by atoms with E-state index < -0.39 is 0 Å². The molecule has 3 aromatic rings. The molecule has 0 radical (unpaired) electrons. The second-order valence-electron chi connectivity index (χ2n) is 5.04. The predicted molar refractivity (Wildman–Crippen MR) is 90.7 cm³/mol. The van der Waals surface area contributed by atoms with E-state index in [4.69, 9.17) is 11.6 Å². The van der Waals surface area contributed by atoms with E-state index in [-0.39, 0.29) is 6.04 Å². The first-order chi connectivity index (χ1) is 10.8. The van der Waals surface area contributed by atoms with Crippen LogP contribution in [0.15, 0.2) is 71.0 Å². The standard InChI is InChI=1S/C18H16ClN3/c1-2-16(13-6-4-3-5-7-13)21-22-17-10-11-20-18-12-14(19)8-9-15(17)18/h3-12,16H,2H2,1H3. The highest BCUT2D eigenvalue weighted by molar-refractivity contribution is 6.31. The fraction of sp³-hybridized carbons (Fsp3) is 0.167. The number of benzene rings is 2. The molecule has 0 amide bonds. The minimum Gasteiger partial charge on any atom is -0.256 e. The molecule has 3 nitrogen and oxygen atoms in total. The normalized spacial score (nSPS) is 12.8. The Balaban J connectivity index is 1.95. The number of aromatic nitrogens is 1. The van der Waals surface area contributed by atoms with Crippen LogP contribution in [0, 0.1) is 0 Å². The molecule has 110 valence electrons.